The van der Waals surface area contributed by atoms with E-state index in [2.05, 4.69) is 58.1 Å². The fourth-order valence-electron chi connectivity index (χ4n) is 4.21. The van der Waals surface area contributed by atoms with Crippen LogP contribution in [0.3, 0.4) is 0 Å². The SMILES string of the molecule is CCCCCCCCCCCCCCSCCC(=O)Nc1c(C(C)C)cccc1C(C)C. The second kappa shape index (κ2) is 18.5. The molecule has 0 fully saturated rings. The van der Waals surface area contributed by atoms with Gasteiger partial charge in [-0.25, -0.2) is 0 Å². The molecule has 1 amide bonds. The van der Waals surface area contributed by atoms with E-state index < -0.39 is 0 Å². The highest BCUT2D eigenvalue weighted by atomic mass is 32.2. The van der Waals surface area contributed by atoms with E-state index in [0.29, 0.717) is 18.3 Å². The third kappa shape index (κ3) is 12.9. The first kappa shape index (κ1) is 29.1. The van der Waals surface area contributed by atoms with Crippen molar-refractivity contribution in [1.29, 1.82) is 0 Å². The largest absolute Gasteiger partial charge is 0.326 e. The molecule has 1 rings (SSSR count). The Morgan fingerprint density at radius 2 is 1.22 bits per heavy atom. The molecule has 3 heteroatoms. The van der Waals surface area contributed by atoms with Crippen molar-refractivity contribution in [2.24, 2.45) is 0 Å². The number of hydrogen-bond donors (Lipinski definition) is 1. The molecule has 32 heavy (non-hydrogen) atoms. The van der Waals surface area contributed by atoms with Crippen LogP contribution in [0, 0.1) is 0 Å². The van der Waals surface area contributed by atoms with Crippen molar-refractivity contribution in [2.75, 3.05) is 16.8 Å². The molecule has 0 unspecified atom stereocenters. The highest BCUT2D eigenvalue weighted by Gasteiger charge is 2.15. The molecule has 0 spiro atoms. The standard InChI is InChI=1S/C29H51NOS/c1-6-7-8-9-10-11-12-13-14-15-16-17-22-32-23-21-28(31)30-29-26(24(2)3)19-18-20-27(29)25(4)5/h18-20,24-25H,6-17,21-23H2,1-5H3,(H,30,31). The molecule has 0 heterocycles. The van der Waals surface area contributed by atoms with Gasteiger partial charge < -0.3 is 5.32 Å². The molecule has 2 nitrogen and oxygen atoms in total. The third-order valence-corrected chi connectivity index (χ3v) is 7.32. The number of hydrogen-bond acceptors (Lipinski definition) is 2. The van der Waals surface area contributed by atoms with Crippen LogP contribution in [0.2, 0.25) is 0 Å². The lowest BCUT2D eigenvalue weighted by molar-refractivity contribution is -0.115. The van der Waals surface area contributed by atoms with Crippen molar-refractivity contribution < 1.29 is 4.79 Å². The number of unbranched alkanes of at least 4 members (excludes halogenated alkanes) is 11. The van der Waals surface area contributed by atoms with Gasteiger partial charge in [-0.2, -0.15) is 11.8 Å². The molecule has 1 aromatic carbocycles. The molecule has 0 aliphatic rings. The third-order valence-electron chi connectivity index (χ3n) is 6.25. The Hall–Kier alpha value is -0.960. The topological polar surface area (TPSA) is 29.1 Å². The van der Waals surface area contributed by atoms with E-state index >= 15 is 0 Å². The van der Waals surface area contributed by atoms with E-state index in [-0.39, 0.29) is 5.91 Å². The second-order valence-electron chi connectivity index (χ2n) is 9.92. The van der Waals surface area contributed by atoms with E-state index in [1.807, 2.05) is 11.8 Å². The molecule has 184 valence electrons. The maximum Gasteiger partial charge on any atom is 0.225 e. The highest BCUT2D eigenvalue weighted by Crippen LogP contribution is 2.32. The van der Waals surface area contributed by atoms with Crippen LogP contribution < -0.4 is 5.32 Å². The quantitative estimate of drug-likeness (QED) is 0.208. The van der Waals surface area contributed by atoms with Gasteiger partial charge in [0.15, 0.2) is 0 Å². The maximum atomic E-state index is 12.6. The average molecular weight is 462 g/mol. The average Bonchev–Trinajstić information content (AvgIpc) is 2.76. The van der Waals surface area contributed by atoms with Gasteiger partial charge in [-0.15, -0.1) is 0 Å². The van der Waals surface area contributed by atoms with Crippen LogP contribution in [0.4, 0.5) is 5.69 Å². The molecular formula is C29H51NOS. The first-order chi connectivity index (χ1) is 15.5. The predicted molar refractivity (Wildman–Crippen MR) is 146 cm³/mol. The Morgan fingerprint density at radius 3 is 1.69 bits per heavy atom. The fourth-order valence-corrected chi connectivity index (χ4v) is 5.15. The van der Waals surface area contributed by atoms with E-state index in [4.69, 9.17) is 0 Å². The number of benzene rings is 1. The molecule has 0 radical (unpaired) electrons. The van der Waals surface area contributed by atoms with E-state index in [0.717, 1.165) is 11.4 Å². The summed E-state index contributed by atoms with van der Waals surface area (Å²) in [7, 11) is 0. The number of nitrogens with one attached hydrogen (secondary N) is 1. The molecule has 0 saturated carbocycles. The van der Waals surface area contributed by atoms with Crippen LogP contribution in [-0.2, 0) is 4.79 Å². The van der Waals surface area contributed by atoms with Crippen LogP contribution in [0.15, 0.2) is 18.2 Å². The molecule has 0 aliphatic carbocycles. The summed E-state index contributed by atoms with van der Waals surface area (Å²) >= 11 is 1.93. The van der Waals surface area contributed by atoms with E-state index in [1.54, 1.807) is 0 Å². The molecule has 1 aromatic rings. The zero-order chi connectivity index (χ0) is 23.6. The Kier molecular flexibility index (Phi) is 16.8. The van der Waals surface area contributed by atoms with Crippen LogP contribution >= 0.6 is 11.8 Å². The summed E-state index contributed by atoms with van der Waals surface area (Å²) in [6, 6.07) is 6.41. The highest BCUT2D eigenvalue weighted by molar-refractivity contribution is 7.99. The van der Waals surface area contributed by atoms with Gasteiger partial charge in [-0.1, -0.05) is 123 Å². The monoisotopic (exact) mass is 461 g/mol. The maximum absolute atomic E-state index is 12.6. The van der Waals surface area contributed by atoms with Gasteiger partial charge in [-0.05, 0) is 35.1 Å². The molecule has 0 aliphatic heterocycles. The Morgan fingerprint density at radius 1 is 0.750 bits per heavy atom. The number of anilines is 1. The normalized spacial score (nSPS) is 11.5. The lowest BCUT2D eigenvalue weighted by Gasteiger charge is -2.20. The summed E-state index contributed by atoms with van der Waals surface area (Å²) in [5.41, 5.74) is 3.54. The smallest absolute Gasteiger partial charge is 0.225 e. The van der Waals surface area contributed by atoms with Gasteiger partial charge in [-0.3, -0.25) is 4.79 Å². The van der Waals surface area contributed by atoms with Crippen LogP contribution in [-0.4, -0.2) is 17.4 Å². The number of rotatable bonds is 19. The summed E-state index contributed by atoms with van der Waals surface area (Å²) in [5, 5.41) is 3.24. The Bertz CT molecular complexity index is 585. The number of para-hydroxylation sites is 1. The molecule has 0 bridgehead atoms. The van der Waals surface area contributed by atoms with E-state index in [9.17, 15) is 4.79 Å². The minimum absolute atomic E-state index is 0.155. The van der Waals surface area contributed by atoms with Gasteiger partial charge in [0.05, 0.1) is 0 Å². The fraction of sp³-hybridized carbons (Fsp3) is 0.759. The Labute approximate surface area is 204 Å². The van der Waals surface area contributed by atoms with Gasteiger partial charge in [0.2, 0.25) is 5.91 Å². The van der Waals surface area contributed by atoms with Crippen molar-refractivity contribution >= 4 is 23.4 Å². The molecule has 0 saturated heterocycles. The first-order valence-electron chi connectivity index (χ1n) is 13.5. The van der Waals surface area contributed by atoms with Gasteiger partial charge in [0, 0.05) is 17.9 Å². The summed E-state index contributed by atoms with van der Waals surface area (Å²) in [6.45, 7) is 11.1. The number of thioether (sulfide) groups is 1. The van der Waals surface area contributed by atoms with Crippen molar-refractivity contribution in [3.63, 3.8) is 0 Å². The second-order valence-corrected chi connectivity index (χ2v) is 11.1. The molecule has 0 aromatic heterocycles. The first-order valence-corrected chi connectivity index (χ1v) is 14.6. The number of amides is 1. The summed E-state index contributed by atoms with van der Waals surface area (Å²) in [6.07, 6.45) is 17.3. The number of carbonyl (C=O) groups excluding carboxylic acids is 1. The van der Waals surface area contributed by atoms with Crippen LogP contribution in [0.25, 0.3) is 0 Å². The summed E-state index contributed by atoms with van der Waals surface area (Å²) in [4.78, 5) is 12.6. The van der Waals surface area contributed by atoms with E-state index in [1.165, 1.54) is 93.9 Å². The zero-order valence-electron chi connectivity index (χ0n) is 21.8. The van der Waals surface area contributed by atoms with Gasteiger partial charge >= 0.3 is 0 Å². The van der Waals surface area contributed by atoms with Gasteiger partial charge in [0.1, 0.15) is 0 Å². The molecule has 0 atom stereocenters. The molecular weight excluding hydrogens is 410 g/mol. The molecule has 1 N–H and O–H groups in total. The predicted octanol–water partition coefficient (Wildman–Crippen LogP) is 9.70. The van der Waals surface area contributed by atoms with Gasteiger partial charge in [0.25, 0.3) is 0 Å². The number of carbonyl (C=O) groups is 1. The summed E-state index contributed by atoms with van der Waals surface area (Å²) in [5.74, 6) is 3.07. The minimum Gasteiger partial charge on any atom is -0.326 e. The van der Waals surface area contributed by atoms with Crippen LogP contribution in [0.1, 0.15) is 141 Å². The Balaban J connectivity index is 2.09. The van der Waals surface area contributed by atoms with Crippen molar-refractivity contribution in [3.05, 3.63) is 29.3 Å². The van der Waals surface area contributed by atoms with Crippen LogP contribution in [0.5, 0.6) is 0 Å². The minimum atomic E-state index is 0.155. The lowest BCUT2D eigenvalue weighted by Crippen LogP contribution is -2.16. The van der Waals surface area contributed by atoms with Crippen molar-refractivity contribution in [1.82, 2.24) is 0 Å². The zero-order valence-corrected chi connectivity index (χ0v) is 22.6. The lowest BCUT2D eigenvalue weighted by atomic mass is 9.92. The van der Waals surface area contributed by atoms with Crippen molar-refractivity contribution in [3.8, 4) is 0 Å². The summed E-state index contributed by atoms with van der Waals surface area (Å²) < 4.78 is 0. The van der Waals surface area contributed by atoms with Crippen molar-refractivity contribution in [2.45, 2.75) is 130 Å².